The first-order valence-electron chi connectivity index (χ1n) is 8.18. The number of rotatable bonds is 9. The molecular weight excluding hydrogens is 295 g/mol. The third-order valence-corrected chi connectivity index (χ3v) is 3.56. The molecule has 1 aromatic rings. The van der Waals surface area contributed by atoms with Crippen molar-refractivity contribution in [2.75, 3.05) is 39.8 Å². The summed E-state index contributed by atoms with van der Waals surface area (Å²) in [5.41, 5.74) is 0. The number of likely N-dealkylation sites (N-methyl/N-ethyl adjacent to an activating group) is 1. The largest absolute Gasteiger partial charge is 0.486 e. The third kappa shape index (κ3) is 7.32. The summed E-state index contributed by atoms with van der Waals surface area (Å²) in [4.78, 5) is 6.52. The summed E-state index contributed by atoms with van der Waals surface area (Å²) in [6, 6.07) is 6.42. The molecule has 130 valence electrons. The first-order chi connectivity index (χ1) is 11.1. The molecule has 6 heteroatoms. The second-order valence-electron chi connectivity index (χ2n) is 5.27. The van der Waals surface area contributed by atoms with Crippen molar-refractivity contribution in [1.29, 1.82) is 0 Å². The number of nitrogens with zero attached hydrogens (tertiary/aromatic N) is 2. The van der Waals surface area contributed by atoms with E-state index < -0.39 is 0 Å². The topological polar surface area (TPSA) is 48.9 Å². The van der Waals surface area contributed by atoms with Gasteiger partial charge in [0, 0.05) is 20.1 Å². The Kier molecular flexibility index (Phi) is 9.05. The zero-order valence-electron chi connectivity index (χ0n) is 14.6. The van der Waals surface area contributed by atoms with Gasteiger partial charge in [0.2, 0.25) is 0 Å². The lowest BCUT2D eigenvalue weighted by Crippen LogP contribution is -2.44. The molecule has 0 aliphatic rings. The van der Waals surface area contributed by atoms with Gasteiger partial charge in [0.15, 0.2) is 17.5 Å². The van der Waals surface area contributed by atoms with Crippen molar-refractivity contribution in [2.45, 2.75) is 26.9 Å². The van der Waals surface area contributed by atoms with Crippen molar-refractivity contribution in [1.82, 2.24) is 15.5 Å². The summed E-state index contributed by atoms with van der Waals surface area (Å²) in [5.74, 6) is 0.647. The molecule has 0 aliphatic heterocycles. The molecule has 23 heavy (non-hydrogen) atoms. The van der Waals surface area contributed by atoms with Crippen LogP contribution in [0.15, 0.2) is 29.3 Å². The molecule has 0 saturated heterocycles. The van der Waals surface area contributed by atoms with E-state index in [-0.39, 0.29) is 17.7 Å². The SMILES string of the molecule is CCN(CC)CCNC(=NC)NCC(C)Oc1ccccc1F. The van der Waals surface area contributed by atoms with Crippen molar-refractivity contribution >= 4 is 5.96 Å². The quantitative estimate of drug-likeness (QED) is 0.539. The van der Waals surface area contributed by atoms with Crippen LogP contribution in [0.4, 0.5) is 4.39 Å². The Morgan fingerprint density at radius 1 is 1.26 bits per heavy atom. The summed E-state index contributed by atoms with van der Waals surface area (Å²) in [6.45, 7) is 10.6. The van der Waals surface area contributed by atoms with Gasteiger partial charge in [-0.05, 0) is 32.1 Å². The van der Waals surface area contributed by atoms with E-state index >= 15 is 0 Å². The van der Waals surface area contributed by atoms with E-state index in [9.17, 15) is 4.39 Å². The van der Waals surface area contributed by atoms with Crippen molar-refractivity contribution in [2.24, 2.45) is 4.99 Å². The number of guanidine groups is 1. The first-order valence-corrected chi connectivity index (χ1v) is 8.18. The molecule has 5 nitrogen and oxygen atoms in total. The number of ether oxygens (including phenoxy) is 1. The van der Waals surface area contributed by atoms with Crippen LogP contribution in [0.2, 0.25) is 0 Å². The number of halogens is 1. The standard InChI is InChI=1S/C17H29FN4O/c1-5-22(6-2)12-11-20-17(19-4)21-13-14(3)23-16-10-8-7-9-15(16)18/h7-10,14H,5-6,11-13H2,1-4H3,(H2,19,20,21). The minimum Gasteiger partial charge on any atom is -0.486 e. The van der Waals surface area contributed by atoms with Crippen LogP contribution >= 0.6 is 0 Å². The number of para-hydroxylation sites is 1. The van der Waals surface area contributed by atoms with Crippen LogP contribution in [0, 0.1) is 5.82 Å². The maximum Gasteiger partial charge on any atom is 0.191 e. The van der Waals surface area contributed by atoms with Crippen LogP contribution in [-0.2, 0) is 0 Å². The zero-order chi connectivity index (χ0) is 17.1. The summed E-state index contributed by atoms with van der Waals surface area (Å²) >= 11 is 0. The van der Waals surface area contributed by atoms with Gasteiger partial charge in [-0.3, -0.25) is 4.99 Å². The average molecular weight is 324 g/mol. The number of hydrogen-bond acceptors (Lipinski definition) is 3. The van der Waals surface area contributed by atoms with Gasteiger partial charge in [0.05, 0.1) is 6.54 Å². The Bertz CT molecular complexity index is 477. The lowest BCUT2D eigenvalue weighted by Gasteiger charge is -2.20. The van der Waals surface area contributed by atoms with Gasteiger partial charge in [-0.2, -0.15) is 0 Å². The van der Waals surface area contributed by atoms with Crippen molar-refractivity contribution < 1.29 is 9.13 Å². The minimum absolute atomic E-state index is 0.173. The van der Waals surface area contributed by atoms with Crippen LogP contribution < -0.4 is 15.4 Å². The third-order valence-electron chi connectivity index (χ3n) is 3.56. The summed E-state index contributed by atoms with van der Waals surface area (Å²) in [5, 5.41) is 6.46. The van der Waals surface area contributed by atoms with Gasteiger partial charge in [-0.15, -0.1) is 0 Å². The highest BCUT2D eigenvalue weighted by Crippen LogP contribution is 2.16. The Morgan fingerprint density at radius 3 is 2.57 bits per heavy atom. The lowest BCUT2D eigenvalue weighted by molar-refractivity contribution is 0.214. The molecule has 0 spiro atoms. The molecule has 2 N–H and O–H groups in total. The van der Waals surface area contributed by atoms with E-state index in [1.807, 2.05) is 6.92 Å². The van der Waals surface area contributed by atoms with Gasteiger partial charge in [0.1, 0.15) is 6.10 Å². The van der Waals surface area contributed by atoms with Crippen molar-refractivity contribution in [3.05, 3.63) is 30.1 Å². The molecule has 0 bridgehead atoms. The maximum atomic E-state index is 13.5. The lowest BCUT2D eigenvalue weighted by atomic mass is 10.3. The fourth-order valence-corrected chi connectivity index (χ4v) is 2.13. The predicted molar refractivity (Wildman–Crippen MR) is 93.6 cm³/mol. The summed E-state index contributed by atoms with van der Waals surface area (Å²) < 4.78 is 19.1. The fraction of sp³-hybridized carbons (Fsp3) is 0.588. The van der Waals surface area contributed by atoms with Gasteiger partial charge in [-0.1, -0.05) is 26.0 Å². The van der Waals surface area contributed by atoms with E-state index in [1.54, 1.807) is 25.2 Å². The molecule has 0 amide bonds. The Hall–Kier alpha value is -1.82. The Balaban J connectivity index is 2.32. The molecule has 0 aliphatic carbocycles. The van der Waals surface area contributed by atoms with Gasteiger partial charge in [-0.25, -0.2) is 4.39 Å². The van der Waals surface area contributed by atoms with E-state index in [2.05, 4.69) is 34.4 Å². The number of aliphatic imine (C=N–C) groups is 1. The van der Waals surface area contributed by atoms with Gasteiger partial charge >= 0.3 is 0 Å². The van der Waals surface area contributed by atoms with E-state index in [0.29, 0.717) is 6.54 Å². The second kappa shape index (κ2) is 10.8. The van der Waals surface area contributed by atoms with Crippen LogP contribution in [0.25, 0.3) is 0 Å². The highest BCUT2D eigenvalue weighted by atomic mass is 19.1. The van der Waals surface area contributed by atoms with Crippen LogP contribution in [0.5, 0.6) is 5.75 Å². The summed E-state index contributed by atoms with van der Waals surface area (Å²) in [6.07, 6.45) is -0.173. The molecule has 1 aromatic carbocycles. The number of hydrogen-bond donors (Lipinski definition) is 2. The molecule has 0 radical (unpaired) electrons. The van der Waals surface area contributed by atoms with Gasteiger partial charge < -0.3 is 20.3 Å². The number of benzene rings is 1. The average Bonchev–Trinajstić information content (AvgIpc) is 2.56. The Labute approximate surface area is 138 Å². The van der Waals surface area contributed by atoms with E-state index in [4.69, 9.17) is 4.74 Å². The van der Waals surface area contributed by atoms with Crippen molar-refractivity contribution in [3.63, 3.8) is 0 Å². The molecule has 0 saturated carbocycles. The molecule has 0 aromatic heterocycles. The van der Waals surface area contributed by atoms with Crippen LogP contribution in [-0.4, -0.2) is 56.7 Å². The minimum atomic E-state index is -0.346. The first kappa shape index (κ1) is 19.2. The smallest absolute Gasteiger partial charge is 0.191 e. The molecular formula is C17H29FN4O. The summed E-state index contributed by atoms with van der Waals surface area (Å²) in [7, 11) is 1.73. The molecule has 1 atom stereocenters. The second-order valence-corrected chi connectivity index (χ2v) is 5.27. The van der Waals surface area contributed by atoms with Crippen LogP contribution in [0.1, 0.15) is 20.8 Å². The zero-order valence-corrected chi connectivity index (χ0v) is 14.6. The number of nitrogens with one attached hydrogen (secondary N) is 2. The molecule has 0 fully saturated rings. The van der Waals surface area contributed by atoms with E-state index in [1.165, 1.54) is 6.07 Å². The maximum absolute atomic E-state index is 13.5. The van der Waals surface area contributed by atoms with E-state index in [0.717, 1.165) is 32.1 Å². The van der Waals surface area contributed by atoms with Crippen molar-refractivity contribution in [3.8, 4) is 5.75 Å². The fourth-order valence-electron chi connectivity index (χ4n) is 2.13. The molecule has 1 rings (SSSR count). The molecule has 0 heterocycles. The highest BCUT2D eigenvalue weighted by molar-refractivity contribution is 5.79. The predicted octanol–water partition coefficient (Wildman–Crippen LogP) is 2.10. The van der Waals surface area contributed by atoms with Crippen LogP contribution in [0.3, 0.4) is 0 Å². The highest BCUT2D eigenvalue weighted by Gasteiger charge is 2.09. The normalized spacial score (nSPS) is 13.0. The van der Waals surface area contributed by atoms with Gasteiger partial charge in [0.25, 0.3) is 0 Å². The monoisotopic (exact) mass is 324 g/mol. The molecule has 1 unspecified atom stereocenters. The Morgan fingerprint density at radius 2 is 1.96 bits per heavy atom.